The minimum atomic E-state index is -0.279. The zero-order valence-corrected chi connectivity index (χ0v) is 12.4. The highest BCUT2D eigenvalue weighted by Crippen LogP contribution is 2.26. The first kappa shape index (κ1) is 14.4. The number of aryl methyl sites for hydroxylation is 1. The van der Waals surface area contributed by atoms with E-state index in [1.807, 2.05) is 26.0 Å². The molecular weight excluding hydrogens is 254 g/mol. The van der Waals surface area contributed by atoms with Crippen LogP contribution in [0.25, 0.3) is 10.9 Å². The normalized spacial score (nSPS) is 11.8. The number of methoxy groups -OCH3 is 1. The van der Waals surface area contributed by atoms with Crippen LogP contribution in [0.3, 0.4) is 0 Å². The van der Waals surface area contributed by atoms with Gasteiger partial charge in [-0.2, -0.15) is 0 Å². The van der Waals surface area contributed by atoms with Gasteiger partial charge in [0.2, 0.25) is 0 Å². The Bertz CT molecular complexity index is 689. The summed E-state index contributed by atoms with van der Waals surface area (Å²) >= 11 is 0. The predicted octanol–water partition coefficient (Wildman–Crippen LogP) is 1.96. The topological polar surface area (TPSA) is 69.3 Å². The molecule has 1 heterocycles. The lowest BCUT2D eigenvalue weighted by atomic mass is 10.0. The van der Waals surface area contributed by atoms with E-state index in [4.69, 9.17) is 10.5 Å². The van der Waals surface area contributed by atoms with Crippen LogP contribution in [0.1, 0.15) is 13.8 Å². The molecule has 0 aliphatic heterocycles. The number of aromatic nitrogens is 1. The smallest absolute Gasteiger partial charge is 0.252 e. The second-order valence-corrected chi connectivity index (χ2v) is 5.67. The summed E-state index contributed by atoms with van der Waals surface area (Å²) in [5.41, 5.74) is 7.82. The summed E-state index contributed by atoms with van der Waals surface area (Å²) in [7, 11) is 3.41. The molecule has 0 fully saturated rings. The molecular formula is C15H21N3O2. The number of nitrogens with two attached hydrogens (primary N) is 1. The molecule has 108 valence electrons. The fraction of sp³-hybridized carbons (Fsp3) is 0.400. The molecule has 1 aromatic heterocycles. The molecule has 0 bridgehead atoms. The van der Waals surface area contributed by atoms with Crippen LogP contribution in [0.15, 0.2) is 29.1 Å². The molecule has 0 aliphatic carbocycles. The van der Waals surface area contributed by atoms with Gasteiger partial charge >= 0.3 is 0 Å². The molecule has 0 aliphatic rings. The Kier molecular flexibility index (Phi) is 3.72. The molecule has 2 aromatic rings. The zero-order valence-electron chi connectivity index (χ0n) is 12.4. The van der Waals surface area contributed by atoms with Crippen LogP contribution in [0.2, 0.25) is 0 Å². The largest absolute Gasteiger partial charge is 0.399 e. The van der Waals surface area contributed by atoms with E-state index in [9.17, 15) is 4.79 Å². The average Bonchev–Trinajstić information content (AvgIpc) is 2.35. The number of nitrogens with one attached hydrogen (secondary N) is 1. The number of fused-ring (bicyclic) bond motifs is 1. The molecule has 0 atom stereocenters. The van der Waals surface area contributed by atoms with Gasteiger partial charge in [-0.15, -0.1) is 0 Å². The lowest BCUT2D eigenvalue weighted by molar-refractivity contribution is 0.158. The number of benzene rings is 1. The fourth-order valence-electron chi connectivity index (χ4n) is 2.34. The van der Waals surface area contributed by atoms with E-state index in [1.165, 1.54) is 0 Å². The number of hydrogen-bond acceptors (Lipinski definition) is 4. The van der Waals surface area contributed by atoms with Crippen molar-refractivity contribution in [2.45, 2.75) is 19.4 Å². The van der Waals surface area contributed by atoms with Crippen molar-refractivity contribution in [1.29, 1.82) is 0 Å². The number of hydrogen-bond donors (Lipinski definition) is 2. The predicted molar refractivity (Wildman–Crippen MR) is 83.2 cm³/mol. The van der Waals surface area contributed by atoms with E-state index in [0.29, 0.717) is 12.3 Å². The van der Waals surface area contributed by atoms with Crippen LogP contribution in [-0.4, -0.2) is 23.8 Å². The van der Waals surface area contributed by atoms with E-state index >= 15 is 0 Å². The molecule has 1 aromatic carbocycles. The van der Waals surface area contributed by atoms with Gasteiger partial charge in [-0.05, 0) is 32.0 Å². The lowest BCUT2D eigenvalue weighted by Crippen LogP contribution is -2.36. The van der Waals surface area contributed by atoms with Crippen LogP contribution < -0.4 is 16.6 Å². The number of anilines is 2. The van der Waals surface area contributed by atoms with Crippen molar-refractivity contribution in [2.75, 3.05) is 24.8 Å². The first-order chi connectivity index (χ1) is 9.34. The molecule has 0 saturated heterocycles. The summed E-state index contributed by atoms with van der Waals surface area (Å²) in [6, 6.07) is 7.13. The van der Waals surface area contributed by atoms with Crippen LogP contribution in [0.5, 0.6) is 0 Å². The van der Waals surface area contributed by atoms with Crippen molar-refractivity contribution in [3.63, 3.8) is 0 Å². The van der Waals surface area contributed by atoms with Gasteiger partial charge in [0.1, 0.15) is 0 Å². The summed E-state index contributed by atoms with van der Waals surface area (Å²) in [6.07, 6.45) is 0. The van der Waals surface area contributed by atoms with Crippen LogP contribution in [0.4, 0.5) is 11.4 Å². The van der Waals surface area contributed by atoms with Crippen molar-refractivity contribution in [3.05, 3.63) is 34.6 Å². The second kappa shape index (κ2) is 5.17. The van der Waals surface area contributed by atoms with Crippen LogP contribution in [-0.2, 0) is 11.8 Å². The maximum absolute atomic E-state index is 12.0. The third-order valence-corrected chi connectivity index (χ3v) is 3.25. The average molecular weight is 275 g/mol. The van der Waals surface area contributed by atoms with E-state index in [-0.39, 0.29) is 11.1 Å². The van der Waals surface area contributed by atoms with Crippen molar-refractivity contribution in [1.82, 2.24) is 4.57 Å². The Hall–Kier alpha value is -2.01. The number of nitrogen functional groups attached to an aromatic ring is 1. The maximum Gasteiger partial charge on any atom is 0.252 e. The Morgan fingerprint density at radius 1 is 1.35 bits per heavy atom. The van der Waals surface area contributed by atoms with Gasteiger partial charge in [-0.3, -0.25) is 4.79 Å². The van der Waals surface area contributed by atoms with Gasteiger partial charge in [0, 0.05) is 37.0 Å². The van der Waals surface area contributed by atoms with Crippen molar-refractivity contribution in [2.24, 2.45) is 7.05 Å². The quantitative estimate of drug-likeness (QED) is 0.837. The highest BCUT2D eigenvalue weighted by atomic mass is 16.5. The Labute approximate surface area is 118 Å². The van der Waals surface area contributed by atoms with Gasteiger partial charge in [-0.25, -0.2) is 0 Å². The third-order valence-electron chi connectivity index (χ3n) is 3.25. The molecule has 0 unspecified atom stereocenters. The zero-order chi connectivity index (χ0) is 14.9. The van der Waals surface area contributed by atoms with Gasteiger partial charge < -0.3 is 20.4 Å². The third kappa shape index (κ3) is 2.77. The number of ether oxygens (including phenoxy) is 1. The molecule has 2 rings (SSSR count). The van der Waals surface area contributed by atoms with Crippen LogP contribution in [0, 0.1) is 0 Å². The summed E-state index contributed by atoms with van der Waals surface area (Å²) in [4.78, 5) is 12.0. The Morgan fingerprint density at radius 3 is 2.70 bits per heavy atom. The summed E-state index contributed by atoms with van der Waals surface area (Å²) in [6.45, 7) is 4.57. The molecule has 0 spiro atoms. The molecule has 0 saturated carbocycles. The van der Waals surface area contributed by atoms with E-state index in [2.05, 4.69) is 5.32 Å². The second-order valence-electron chi connectivity index (χ2n) is 5.67. The monoisotopic (exact) mass is 275 g/mol. The van der Waals surface area contributed by atoms with Crippen molar-refractivity contribution < 1.29 is 4.74 Å². The Morgan fingerprint density at radius 2 is 2.05 bits per heavy atom. The SMILES string of the molecule is COCC(C)(C)Nc1cc(=O)n(C)c2ccc(N)cc12. The standard InChI is InChI=1S/C15H21N3O2/c1-15(2,9-20-4)17-12-8-14(19)18(3)13-6-5-10(16)7-11(12)13/h5-8,17H,9,16H2,1-4H3. The maximum atomic E-state index is 12.0. The first-order valence-electron chi connectivity index (χ1n) is 6.50. The molecule has 5 heteroatoms. The minimum Gasteiger partial charge on any atom is -0.399 e. The summed E-state index contributed by atoms with van der Waals surface area (Å²) in [5, 5.41) is 4.29. The molecule has 3 N–H and O–H groups in total. The van der Waals surface area contributed by atoms with Gasteiger partial charge in [0.15, 0.2) is 0 Å². The van der Waals surface area contributed by atoms with Gasteiger partial charge in [-0.1, -0.05) is 0 Å². The number of rotatable bonds is 4. The highest BCUT2D eigenvalue weighted by molar-refractivity contribution is 5.93. The van der Waals surface area contributed by atoms with Crippen LogP contribution >= 0.6 is 0 Å². The minimum absolute atomic E-state index is 0.0574. The number of pyridine rings is 1. The van der Waals surface area contributed by atoms with Gasteiger partial charge in [0.25, 0.3) is 5.56 Å². The van der Waals surface area contributed by atoms with Gasteiger partial charge in [0.05, 0.1) is 17.7 Å². The first-order valence-corrected chi connectivity index (χ1v) is 6.50. The molecule has 20 heavy (non-hydrogen) atoms. The Balaban J connectivity index is 2.61. The summed E-state index contributed by atoms with van der Waals surface area (Å²) < 4.78 is 6.81. The lowest BCUT2D eigenvalue weighted by Gasteiger charge is -2.27. The fourth-order valence-corrected chi connectivity index (χ4v) is 2.34. The van der Waals surface area contributed by atoms with Crippen molar-refractivity contribution in [3.8, 4) is 0 Å². The number of nitrogens with zero attached hydrogens (tertiary/aromatic N) is 1. The summed E-state index contributed by atoms with van der Waals surface area (Å²) in [5.74, 6) is 0. The molecule has 0 radical (unpaired) electrons. The van der Waals surface area contributed by atoms with E-state index < -0.39 is 0 Å². The molecule has 0 amide bonds. The van der Waals surface area contributed by atoms with Crippen molar-refractivity contribution >= 4 is 22.3 Å². The van der Waals surface area contributed by atoms with E-state index in [1.54, 1.807) is 30.9 Å². The highest BCUT2D eigenvalue weighted by Gasteiger charge is 2.19. The molecule has 5 nitrogen and oxygen atoms in total. The van der Waals surface area contributed by atoms with E-state index in [0.717, 1.165) is 16.6 Å².